The topological polar surface area (TPSA) is 68.3 Å². The van der Waals surface area contributed by atoms with E-state index >= 15 is 0 Å². The second-order valence-corrected chi connectivity index (χ2v) is 8.32. The Hall–Kier alpha value is -3.40. The number of hydrogen-bond acceptors (Lipinski definition) is 4. The van der Waals surface area contributed by atoms with E-state index in [0.717, 1.165) is 25.7 Å². The number of ketones is 4. The summed E-state index contributed by atoms with van der Waals surface area (Å²) in [6.07, 6.45) is 3.93. The molecule has 0 aromatic heterocycles. The minimum atomic E-state index is -0.337. The van der Waals surface area contributed by atoms with Gasteiger partial charge in [-0.15, -0.1) is 0 Å². The number of fused-ring (bicyclic) bond motifs is 2. The number of rotatable bonds is 7. The molecule has 2 aromatic rings. The molecule has 0 saturated carbocycles. The molecule has 2 aromatic carbocycles. The smallest absolute Gasteiger partial charge is 0.194 e. The predicted octanol–water partition coefficient (Wildman–Crippen LogP) is 6.12. The van der Waals surface area contributed by atoms with Crippen molar-refractivity contribution in [3.8, 4) is 0 Å². The Kier molecular flexibility index (Phi) is 6.13. The van der Waals surface area contributed by atoms with Crippen LogP contribution >= 0.6 is 0 Å². The molecule has 0 saturated heterocycles. The monoisotopic (exact) mass is 426 g/mol. The number of hydrogen-bond donors (Lipinski definition) is 0. The molecule has 0 heterocycles. The predicted molar refractivity (Wildman–Crippen MR) is 123 cm³/mol. The average molecular weight is 427 g/mol. The van der Waals surface area contributed by atoms with Crippen molar-refractivity contribution in [1.29, 1.82) is 0 Å². The van der Waals surface area contributed by atoms with E-state index in [1.807, 2.05) is 13.8 Å². The van der Waals surface area contributed by atoms with E-state index < -0.39 is 0 Å². The van der Waals surface area contributed by atoms with Crippen molar-refractivity contribution in [2.24, 2.45) is 0 Å². The third-order valence-corrected chi connectivity index (χ3v) is 6.25. The van der Waals surface area contributed by atoms with Crippen molar-refractivity contribution in [2.45, 2.75) is 52.4 Å². The zero-order chi connectivity index (χ0) is 22.8. The third kappa shape index (κ3) is 3.50. The molecule has 0 bridgehead atoms. The zero-order valence-corrected chi connectivity index (χ0v) is 18.5. The van der Waals surface area contributed by atoms with Gasteiger partial charge in [-0.3, -0.25) is 19.2 Å². The molecule has 2 aliphatic rings. The van der Waals surface area contributed by atoms with Gasteiger partial charge in [0.25, 0.3) is 0 Å². The van der Waals surface area contributed by atoms with Gasteiger partial charge in [-0.05, 0) is 25.7 Å². The summed E-state index contributed by atoms with van der Waals surface area (Å²) < 4.78 is 0. The average Bonchev–Trinajstić information content (AvgIpc) is 2.82. The van der Waals surface area contributed by atoms with Gasteiger partial charge >= 0.3 is 0 Å². The molecule has 0 N–H and O–H groups in total. The second kappa shape index (κ2) is 8.99. The summed E-state index contributed by atoms with van der Waals surface area (Å²) in [5, 5.41) is 0. The Balaban J connectivity index is 2.01. The van der Waals surface area contributed by atoms with Crippen LogP contribution in [-0.2, 0) is 0 Å². The highest BCUT2D eigenvalue weighted by molar-refractivity contribution is 6.37. The Labute approximate surface area is 188 Å². The van der Waals surface area contributed by atoms with Crippen molar-refractivity contribution in [1.82, 2.24) is 0 Å². The van der Waals surface area contributed by atoms with Crippen LogP contribution in [0, 0.1) is 0 Å². The number of unbranched alkanes of at least 4 members (excludes halogenated alkanes) is 2. The van der Waals surface area contributed by atoms with E-state index in [0.29, 0.717) is 46.2 Å². The van der Waals surface area contributed by atoms with E-state index in [1.165, 1.54) is 0 Å². The Morgan fingerprint density at radius 1 is 0.500 bits per heavy atom. The highest BCUT2D eigenvalue weighted by Crippen LogP contribution is 2.39. The molecular formula is C28H26O4. The van der Waals surface area contributed by atoms with Crippen LogP contribution in [0.5, 0.6) is 0 Å². The molecule has 0 spiro atoms. The number of carbonyl (C=O) groups excluding carboxylic acids is 4. The molecule has 0 unspecified atom stereocenters. The lowest BCUT2D eigenvalue weighted by molar-refractivity contribution is 0.0949. The Morgan fingerprint density at radius 2 is 0.812 bits per heavy atom. The molecule has 32 heavy (non-hydrogen) atoms. The first kappa shape index (κ1) is 21.8. The maximum Gasteiger partial charge on any atom is 0.194 e. The van der Waals surface area contributed by atoms with E-state index in [9.17, 15) is 19.2 Å². The van der Waals surface area contributed by atoms with Gasteiger partial charge in [0.1, 0.15) is 0 Å². The maximum atomic E-state index is 13.7. The van der Waals surface area contributed by atoms with Gasteiger partial charge in [-0.1, -0.05) is 75.2 Å². The van der Waals surface area contributed by atoms with Crippen LogP contribution in [0.4, 0.5) is 0 Å². The van der Waals surface area contributed by atoms with Gasteiger partial charge in [0.15, 0.2) is 23.1 Å². The normalized spacial score (nSPS) is 15.9. The van der Waals surface area contributed by atoms with Crippen LogP contribution in [0.3, 0.4) is 0 Å². The molecule has 4 heteroatoms. The lowest BCUT2D eigenvalue weighted by atomic mass is 9.72. The van der Waals surface area contributed by atoms with Crippen LogP contribution in [-0.4, -0.2) is 23.1 Å². The van der Waals surface area contributed by atoms with Crippen molar-refractivity contribution < 1.29 is 19.2 Å². The van der Waals surface area contributed by atoms with Crippen LogP contribution in [0.1, 0.15) is 93.8 Å². The fraction of sp³-hybridized carbons (Fsp3) is 0.286. The third-order valence-electron chi connectivity index (χ3n) is 6.25. The number of Topliss-reactive ketones (excluding diaryl/α,β-unsaturated/α-hetero) is 4. The quantitative estimate of drug-likeness (QED) is 0.535. The lowest BCUT2D eigenvalue weighted by Gasteiger charge is -2.27. The van der Waals surface area contributed by atoms with Crippen LogP contribution in [0.25, 0.3) is 0 Å². The maximum absolute atomic E-state index is 13.7. The van der Waals surface area contributed by atoms with Crippen LogP contribution < -0.4 is 0 Å². The van der Waals surface area contributed by atoms with Gasteiger partial charge in [0.2, 0.25) is 0 Å². The summed E-state index contributed by atoms with van der Waals surface area (Å²) in [5.41, 5.74) is 2.35. The van der Waals surface area contributed by atoms with Gasteiger partial charge in [0.05, 0.1) is 0 Å². The molecule has 0 radical (unpaired) electrons. The summed E-state index contributed by atoms with van der Waals surface area (Å²) in [5.74, 6) is -1.11. The van der Waals surface area contributed by atoms with Crippen molar-refractivity contribution >= 4 is 23.1 Å². The fourth-order valence-electron chi connectivity index (χ4n) is 4.57. The first-order valence-corrected chi connectivity index (χ1v) is 11.3. The van der Waals surface area contributed by atoms with Gasteiger partial charge < -0.3 is 0 Å². The highest BCUT2D eigenvalue weighted by Gasteiger charge is 2.40. The van der Waals surface area contributed by atoms with Crippen LogP contribution in [0.2, 0.25) is 0 Å². The molecule has 0 aliphatic heterocycles. The fourth-order valence-corrected chi connectivity index (χ4v) is 4.57. The number of allylic oxidation sites excluding steroid dienone is 4. The van der Waals surface area contributed by atoms with E-state index in [1.54, 1.807) is 48.5 Å². The molecule has 0 atom stereocenters. The van der Waals surface area contributed by atoms with Crippen molar-refractivity contribution in [2.75, 3.05) is 0 Å². The second-order valence-electron chi connectivity index (χ2n) is 8.32. The molecule has 4 nitrogen and oxygen atoms in total. The SMILES string of the molecule is CCCCC1=C(C2=C(CCCC)C(=O)c3ccccc3C2=O)C(=O)c2ccccc2C1=O. The number of carbonyl (C=O) groups is 4. The Bertz CT molecular complexity index is 1110. The summed E-state index contributed by atoms with van der Waals surface area (Å²) in [6.45, 7) is 4.03. The van der Waals surface area contributed by atoms with E-state index in [2.05, 4.69) is 0 Å². The van der Waals surface area contributed by atoms with E-state index in [-0.39, 0.29) is 34.3 Å². The van der Waals surface area contributed by atoms with Crippen molar-refractivity contribution in [3.05, 3.63) is 93.1 Å². The number of benzene rings is 2. The first-order chi connectivity index (χ1) is 15.5. The molecule has 4 rings (SSSR count). The van der Waals surface area contributed by atoms with Gasteiger partial charge in [-0.2, -0.15) is 0 Å². The molecule has 0 fully saturated rings. The minimum absolute atomic E-state index is 0.140. The van der Waals surface area contributed by atoms with Gasteiger partial charge in [-0.25, -0.2) is 0 Å². The van der Waals surface area contributed by atoms with E-state index in [4.69, 9.17) is 0 Å². The van der Waals surface area contributed by atoms with Crippen molar-refractivity contribution in [3.63, 3.8) is 0 Å². The largest absolute Gasteiger partial charge is 0.289 e. The highest BCUT2D eigenvalue weighted by atomic mass is 16.1. The summed E-state index contributed by atoms with van der Waals surface area (Å²) >= 11 is 0. The van der Waals surface area contributed by atoms with Gasteiger partial charge in [0, 0.05) is 44.5 Å². The molecule has 2 aliphatic carbocycles. The Morgan fingerprint density at radius 3 is 1.12 bits per heavy atom. The lowest BCUT2D eigenvalue weighted by Crippen LogP contribution is -2.30. The first-order valence-electron chi connectivity index (χ1n) is 11.3. The van der Waals surface area contributed by atoms with Crippen LogP contribution in [0.15, 0.2) is 70.8 Å². The molecule has 0 amide bonds. The summed E-state index contributed by atoms with van der Waals surface area (Å²) in [7, 11) is 0. The minimum Gasteiger partial charge on any atom is -0.289 e. The summed E-state index contributed by atoms with van der Waals surface area (Å²) in [4.78, 5) is 54.3. The summed E-state index contributed by atoms with van der Waals surface area (Å²) in [6, 6.07) is 13.5. The molecule has 162 valence electrons. The zero-order valence-electron chi connectivity index (χ0n) is 18.5. The molecular weight excluding hydrogens is 400 g/mol. The standard InChI is InChI=1S/C28H26O4/c1-3-5-11-21-23(27(31)19-15-9-7-13-17(19)25(21)29)24-22(12-6-4-2)26(30)18-14-8-10-16-20(18)28(24)32/h7-10,13-16H,3-6,11-12H2,1-2H3.